The topological polar surface area (TPSA) is 37.3 Å². The molecule has 0 saturated heterocycles. The average Bonchev–Trinajstić information content (AvgIpc) is 2.71. The molecule has 1 aliphatic rings. The normalized spacial score (nSPS) is 16.4. The Morgan fingerprint density at radius 1 is 1.33 bits per heavy atom. The fourth-order valence-corrected chi connectivity index (χ4v) is 2.55. The Bertz CT molecular complexity index is 466. The van der Waals surface area contributed by atoms with Gasteiger partial charge in [-0.25, -0.2) is 0 Å². The number of aryl methyl sites for hydroxylation is 1. The largest absolute Gasteiger partial charge is 0.481 e. The van der Waals surface area contributed by atoms with Crippen molar-refractivity contribution < 1.29 is 23.1 Å². The SMILES string of the molecule is O=C(O)CC(c1cccc2c1CCC2)C(F)(F)F. The first kappa shape index (κ1) is 12.9. The number of benzene rings is 1. The lowest BCUT2D eigenvalue weighted by molar-refractivity contribution is -0.163. The van der Waals surface area contributed by atoms with Crippen molar-refractivity contribution in [3.8, 4) is 0 Å². The van der Waals surface area contributed by atoms with E-state index >= 15 is 0 Å². The van der Waals surface area contributed by atoms with Crippen LogP contribution in [0.4, 0.5) is 13.2 Å². The molecule has 1 unspecified atom stereocenters. The number of hydrogen-bond acceptors (Lipinski definition) is 1. The molecule has 1 aromatic rings. The summed E-state index contributed by atoms with van der Waals surface area (Å²) in [6.45, 7) is 0. The van der Waals surface area contributed by atoms with E-state index in [2.05, 4.69) is 0 Å². The molecular weight excluding hydrogens is 245 g/mol. The van der Waals surface area contributed by atoms with Crippen molar-refractivity contribution in [2.45, 2.75) is 37.8 Å². The van der Waals surface area contributed by atoms with Crippen LogP contribution in [0.3, 0.4) is 0 Å². The van der Waals surface area contributed by atoms with Gasteiger partial charge in [0.2, 0.25) is 0 Å². The van der Waals surface area contributed by atoms with Crippen LogP contribution >= 0.6 is 0 Å². The highest BCUT2D eigenvalue weighted by Crippen LogP contribution is 2.41. The highest BCUT2D eigenvalue weighted by molar-refractivity contribution is 5.68. The summed E-state index contributed by atoms with van der Waals surface area (Å²) in [6.07, 6.45) is -3.20. The van der Waals surface area contributed by atoms with E-state index in [1.807, 2.05) is 6.07 Å². The van der Waals surface area contributed by atoms with E-state index in [9.17, 15) is 18.0 Å². The zero-order valence-electron chi connectivity index (χ0n) is 9.63. The summed E-state index contributed by atoms with van der Waals surface area (Å²) in [5.74, 6) is -3.32. The van der Waals surface area contributed by atoms with E-state index in [1.165, 1.54) is 6.07 Å². The fraction of sp³-hybridized carbons (Fsp3) is 0.462. The van der Waals surface area contributed by atoms with Crippen molar-refractivity contribution in [3.05, 3.63) is 34.9 Å². The van der Waals surface area contributed by atoms with Gasteiger partial charge in [-0.1, -0.05) is 18.2 Å². The Labute approximate surface area is 102 Å². The van der Waals surface area contributed by atoms with E-state index in [4.69, 9.17) is 5.11 Å². The van der Waals surface area contributed by atoms with Crippen LogP contribution in [0.2, 0.25) is 0 Å². The number of rotatable bonds is 3. The molecule has 0 fully saturated rings. The maximum atomic E-state index is 13.0. The highest BCUT2D eigenvalue weighted by Gasteiger charge is 2.43. The quantitative estimate of drug-likeness (QED) is 0.903. The van der Waals surface area contributed by atoms with E-state index in [1.54, 1.807) is 6.07 Å². The van der Waals surface area contributed by atoms with Gasteiger partial charge in [0.1, 0.15) is 0 Å². The number of carboxylic acids is 1. The standard InChI is InChI=1S/C13H13F3O2/c14-13(15,16)11(7-12(17)18)10-6-2-4-8-3-1-5-9(8)10/h2,4,6,11H,1,3,5,7H2,(H,17,18). The highest BCUT2D eigenvalue weighted by atomic mass is 19.4. The lowest BCUT2D eigenvalue weighted by Gasteiger charge is -2.21. The minimum absolute atomic E-state index is 0.139. The molecular formula is C13H13F3O2. The molecule has 0 saturated carbocycles. The Hall–Kier alpha value is -1.52. The van der Waals surface area contributed by atoms with Gasteiger partial charge in [-0.05, 0) is 36.0 Å². The monoisotopic (exact) mass is 258 g/mol. The van der Waals surface area contributed by atoms with Crippen LogP contribution in [-0.4, -0.2) is 17.3 Å². The predicted molar refractivity (Wildman–Crippen MR) is 59.5 cm³/mol. The van der Waals surface area contributed by atoms with Crippen LogP contribution in [0.5, 0.6) is 0 Å². The van der Waals surface area contributed by atoms with Crippen LogP contribution in [0.25, 0.3) is 0 Å². The third kappa shape index (κ3) is 2.49. The maximum absolute atomic E-state index is 13.0. The van der Waals surface area contributed by atoms with E-state index < -0.39 is 24.5 Å². The lowest BCUT2D eigenvalue weighted by atomic mass is 9.89. The second kappa shape index (κ2) is 4.63. The molecule has 2 nitrogen and oxygen atoms in total. The van der Waals surface area contributed by atoms with Crippen molar-refractivity contribution in [1.29, 1.82) is 0 Å². The van der Waals surface area contributed by atoms with E-state index in [0.29, 0.717) is 12.0 Å². The van der Waals surface area contributed by atoms with Crippen molar-refractivity contribution in [2.75, 3.05) is 0 Å². The summed E-state index contributed by atoms with van der Waals surface area (Å²) in [4.78, 5) is 10.6. The molecule has 0 heterocycles. The zero-order valence-corrected chi connectivity index (χ0v) is 9.63. The minimum atomic E-state index is -4.52. The molecule has 1 aliphatic carbocycles. The van der Waals surface area contributed by atoms with Crippen LogP contribution in [0.1, 0.15) is 35.4 Å². The summed E-state index contributed by atoms with van der Waals surface area (Å²) in [5.41, 5.74) is 1.76. The molecule has 1 atom stereocenters. The predicted octanol–water partition coefficient (Wildman–Crippen LogP) is 3.30. The van der Waals surface area contributed by atoms with Gasteiger partial charge in [0.05, 0.1) is 12.3 Å². The first-order chi connectivity index (χ1) is 8.39. The summed E-state index contributed by atoms with van der Waals surface area (Å²) in [6, 6.07) is 4.81. The first-order valence-corrected chi connectivity index (χ1v) is 5.78. The molecule has 0 bridgehead atoms. The van der Waals surface area contributed by atoms with Crippen LogP contribution in [0, 0.1) is 0 Å². The summed E-state index contributed by atoms with van der Waals surface area (Å²) < 4.78 is 38.9. The smallest absolute Gasteiger partial charge is 0.396 e. The Balaban J connectivity index is 2.43. The number of aliphatic carboxylic acids is 1. The zero-order chi connectivity index (χ0) is 13.3. The van der Waals surface area contributed by atoms with Gasteiger partial charge in [-0.2, -0.15) is 13.2 Å². The molecule has 0 spiro atoms. The number of hydrogen-bond donors (Lipinski definition) is 1. The van der Waals surface area contributed by atoms with Gasteiger partial charge in [0.15, 0.2) is 0 Å². The lowest BCUT2D eigenvalue weighted by Crippen LogP contribution is -2.24. The molecule has 1 aromatic carbocycles. The second-order valence-electron chi connectivity index (χ2n) is 4.53. The Kier molecular flexibility index (Phi) is 3.32. The maximum Gasteiger partial charge on any atom is 0.396 e. The van der Waals surface area contributed by atoms with Gasteiger partial charge in [-0.15, -0.1) is 0 Å². The molecule has 0 aliphatic heterocycles. The Morgan fingerprint density at radius 3 is 2.67 bits per heavy atom. The summed E-state index contributed by atoms with van der Waals surface area (Å²) in [7, 11) is 0. The van der Waals surface area contributed by atoms with E-state index in [-0.39, 0.29) is 5.56 Å². The second-order valence-corrected chi connectivity index (χ2v) is 4.53. The molecule has 18 heavy (non-hydrogen) atoms. The van der Waals surface area contributed by atoms with Gasteiger partial charge in [0.25, 0.3) is 0 Å². The van der Waals surface area contributed by atoms with Crippen LogP contribution in [-0.2, 0) is 17.6 Å². The van der Waals surface area contributed by atoms with Gasteiger partial charge < -0.3 is 5.11 Å². The molecule has 98 valence electrons. The van der Waals surface area contributed by atoms with Crippen molar-refractivity contribution in [3.63, 3.8) is 0 Å². The number of alkyl halides is 3. The minimum Gasteiger partial charge on any atom is -0.481 e. The molecule has 1 N–H and O–H groups in total. The van der Waals surface area contributed by atoms with Crippen LogP contribution < -0.4 is 0 Å². The fourth-order valence-electron chi connectivity index (χ4n) is 2.55. The van der Waals surface area contributed by atoms with Crippen molar-refractivity contribution >= 4 is 5.97 Å². The Morgan fingerprint density at radius 2 is 2.06 bits per heavy atom. The molecule has 5 heteroatoms. The van der Waals surface area contributed by atoms with Crippen molar-refractivity contribution in [2.24, 2.45) is 0 Å². The molecule has 0 radical (unpaired) electrons. The third-order valence-corrected chi connectivity index (χ3v) is 3.33. The molecule has 2 rings (SSSR count). The first-order valence-electron chi connectivity index (χ1n) is 5.78. The molecule has 0 amide bonds. The number of fused-ring (bicyclic) bond motifs is 1. The number of carboxylic acid groups (broad SMARTS) is 1. The number of halogens is 3. The average molecular weight is 258 g/mol. The van der Waals surface area contributed by atoms with Crippen molar-refractivity contribution in [1.82, 2.24) is 0 Å². The summed E-state index contributed by atoms with van der Waals surface area (Å²) >= 11 is 0. The van der Waals surface area contributed by atoms with Gasteiger partial charge >= 0.3 is 12.1 Å². The van der Waals surface area contributed by atoms with E-state index in [0.717, 1.165) is 18.4 Å². The third-order valence-electron chi connectivity index (χ3n) is 3.33. The molecule has 0 aromatic heterocycles. The van der Waals surface area contributed by atoms with Crippen LogP contribution in [0.15, 0.2) is 18.2 Å². The van der Waals surface area contributed by atoms with Gasteiger partial charge in [0, 0.05) is 0 Å². The van der Waals surface area contributed by atoms with Gasteiger partial charge in [-0.3, -0.25) is 4.79 Å². The summed E-state index contributed by atoms with van der Waals surface area (Å²) in [5, 5.41) is 8.66. The number of carbonyl (C=O) groups is 1.